The van der Waals surface area contributed by atoms with Crippen molar-refractivity contribution in [1.82, 2.24) is 15.2 Å². The molecule has 12 atom stereocenters. The quantitative estimate of drug-likeness (QED) is 0.169. The SMILES string of the molecule is CC(=O)O[C@@]12CO[C@@H]1CC[C@@]1(C)[C@@H]3O[C@H](CN4CC(F)C4)O[C@@H]3C3=C(C)[C@@H](OC(=O)[C@H](O)[C@@H](NC(=O)OC(C)(C)C)c4ncccc4F)C[C@@](O)([C@@H](OC(=O)c4ccccc4)[C@@H]12)C3(C)C. The van der Waals surface area contributed by atoms with Crippen molar-refractivity contribution in [3.63, 3.8) is 0 Å². The van der Waals surface area contributed by atoms with Gasteiger partial charge in [0.15, 0.2) is 18.0 Å². The normalized spacial score (nSPS) is 35.0. The molecule has 5 fully saturated rings. The van der Waals surface area contributed by atoms with Gasteiger partial charge in [0.25, 0.3) is 0 Å². The molecular weight excluding hydrogens is 853 g/mol. The largest absolute Gasteiger partial charge is 0.456 e. The van der Waals surface area contributed by atoms with E-state index in [-0.39, 0.29) is 31.8 Å². The molecule has 1 amide bonds. The number of nitrogens with one attached hydrogen (secondary N) is 1. The maximum absolute atomic E-state index is 15.4. The van der Waals surface area contributed by atoms with Gasteiger partial charge in [0.2, 0.25) is 0 Å². The fraction of sp³-hybridized carbons (Fsp3) is 0.638. The minimum absolute atomic E-state index is 0.0941. The molecule has 2 aromatic rings. The number of pyridine rings is 1. The van der Waals surface area contributed by atoms with E-state index in [2.05, 4.69) is 10.3 Å². The van der Waals surface area contributed by atoms with Crippen molar-refractivity contribution in [3.8, 4) is 0 Å². The van der Waals surface area contributed by atoms with Gasteiger partial charge in [0, 0.05) is 50.0 Å². The van der Waals surface area contributed by atoms with E-state index in [0.717, 1.165) is 6.07 Å². The van der Waals surface area contributed by atoms with Gasteiger partial charge >= 0.3 is 24.0 Å². The molecule has 3 N–H and O–H groups in total. The Hall–Kier alpha value is -4.59. The van der Waals surface area contributed by atoms with E-state index in [1.807, 2.05) is 11.8 Å². The molecule has 3 aliphatic heterocycles. The second-order valence-electron chi connectivity index (χ2n) is 20.1. The number of aromatic nitrogens is 1. The Morgan fingerprint density at radius 2 is 1.75 bits per heavy atom. The number of benzene rings is 1. The van der Waals surface area contributed by atoms with Crippen LogP contribution in [0.2, 0.25) is 0 Å². The average molecular weight is 912 g/mol. The number of carbonyl (C=O) groups is 4. The van der Waals surface area contributed by atoms with E-state index >= 15 is 4.39 Å². The highest BCUT2D eigenvalue weighted by molar-refractivity contribution is 5.89. The molecule has 2 saturated carbocycles. The molecule has 354 valence electrons. The molecule has 0 spiro atoms. The molecule has 2 bridgehead atoms. The zero-order valence-electron chi connectivity index (χ0n) is 37.9. The maximum atomic E-state index is 15.4. The Labute approximate surface area is 376 Å². The van der Waals surface area contributed by atoms with Crippen molar-refractivity contribution in [2.24, 2.45) is 16.7 Å². The Bertz CT molecular complexity index is 2220. The van der Waals surface area contributed by atoms with Crippen molar-refractivity contribution < 1.29 is 71.3 Å². The summed E-state index contributed by atoms with van der Waals surface area (Å²) in [5.74, 6) is -4.70. The lowest BCUT2D eigenvalue weighted by atomic mass is 9.45. The van der Waals surface area contributed by atoms with E-state index in [1.165, 1.54) is 19.2 Å². The summed E-state index contributed by atoms with van der Waals surface area (Å²) in [6.07, 6.45) is -9.02. The number of hydrogen-bond donors (Lipinski definition) is 3. The van der Waals surface area contributed by atoms with Crippen molar-refractivity contribution in [1.29, 1.82) is 0 Å². The Kier molecular flexibility index (Phi) is 12.2. The van der Waals surface area contributed by atoms with Gasteiger partial charge in [-0.3, -0.25) is 14.7 Å². The monoisotopic (exact) mass is 911 g/mol. The second kappa shape index (κ2) is 16.9. The van der Waals surface area contributed by atoms with E-state index in [9.17, 15) is 33.8 Å². The summed E-state index contributed by atoms with van der Waals surface area (Å²) in [6.45, 7) is 13.7. The first-order chi connectivity index (χ1) is 30.5. The van der Waals surface area contributed by atoms with E-state index in [1.54, 1.807) is 71.9 Å². The number of nitrogens with zero attached hydrogens (tertiary/aromatic N) is 2. The van der Waals surface area contributed by atoms with Gasteiger partial charge in [-0.2, -0.15) is 0 Å². The highest BCUT2D eigenvalue weighted by Crippen LogP contribution is 2.66. The van der Waals surface area contributed by atoms with Gasteiger partial charge in [-0.05, 0) is 75.9 Å². The van der Waals surface area contributed by atoms with Crippen LogP contribution in [-0.2, 0) is 42.7 Å². The van der Waals surface area contributed by atoms with Crippen LogP contribution in [0.3, 0.4) is 0 Å². The maximum Gasteiger partial charge on any atom is 0.408 e. The number of halogens is 2. The Morgan fingerprint density at radius 1 is 1.05 bits per heavy atom. The number of alkyl halides is 1. The minimum Gasteiger partial charge on any atom is -0.456 e. The number of rotatable bonds is 10. The van der Waals surface area contributed by atoms with Crippen LogP contribution in [0.5, 0.6) is 0 Å². The zero-order valence-corrected chi connectivity index (χ0v) is 37.9. The third-order valence-corrected chi connectivity index (χ3v) is 14.4. The zero-order chi connectivity index (χ0) is 47.0. The predicted molar refractivity (Wildman–Crippen MR) is 224 cm³/mol. The minimum atomic E-state index is -2.27. The first-order valence-corrected chi connectivity index (χ1v) is 22.2. The Morgan fingerprint density at radius 3 is 2.37 bits per heavy atom. The van der Waals surface area contributed by atoms with Crippen LogP contribution < -0.4 is 5.32 Å². The summed E-state index contributed by atoms with van der Waals surface area (Å²) >= 11 is 0. The molecule has 0 radical (unpaired) electrons. The number of aliphatic hydroxyl groups excluding tert-OH is 1. The van der Waals surface area contributed by atoms with Crippen LogP contribution >= 0.6 is 0 Å². The van der Waals surface area contributed by atoms with Crippen LogP contribution in [0.25, 0.3) is 0 Å². The highest BCUT2D eigenvalue weighted by Gasteiger charge is 2.77. The molecule has 3 saturated heterocycles. The molecule has 65 heavy (non-hydrogen) atoms. The van der Waals surface area contributed by atoms with Gasteiger partial charge in [-0.1, -0.05) is 39.0 Å². The van der Waals surface area contributed by atoms with Gasteiger partial charge in [0.05, 0.1) is 24.2 Å². The molecule has 8 rings (SSSR count). The van der Waals surface area contributed by atoms with Gasteiger partial charge in [-0.15, -0.1) is 0 Å². The number of aliphatic hydroxyl groups is 2. The van der Waals surface area contributed by atoms with Crippen molar-refractivity contribution >= 4 is 24.0 Å². The highest BCUT2D eigenvalue weighted by atomic mass is 19.1. The molecule has 16 nitrogen and oxygen atoms in total. The lowest BCUT2D eigenvalue weighted by Crippen LogP contribution is -2.79. The van der Waals surface area contributed by atoms with Gasteiger partial charge < -0.3 is 48.7 Å². The number of likely N-dealkylation sites (tertiary alicyclic amines) is 1. The van der Waals surface area contributed by atoms with Crippen LogP contribution in [0.15, 0.2) is 59.8 Å². The second-order valence-corrected chi connectivity index (χ2v) is 20.1. The standard InChI is InChI=1S/C47H59F2N3O13/c1-24-29(60-41(56)35(54)34(33-28(49)15-12-18-50-33)51-42(57)65-43(3,4)5)19-47(58)39(63-40(55)26-13-10-9-11-14-26)37-45(8,17-16-30-46(37,23-59-30)64-25(2)53)38-36(32(24)44(47,6)7)61-31(62-38)22-52-20-27(48)21-52/h9-15,18,27,29-31,34-39,54,58H,16-17,19-23H2,1-8H3,(H,51,57)/t29-,30+,31+,34-,35+,36+,37-,38+,39-,45+,46-,47+/m0/s1. The summed E-state index contributed by atoms with van der Waals surface area (Å²) in [5.41, 5.74) is -6.50. The van der Waals surface area contributed by atoms with Gasteiger partial charge in [-0.25, -0.2) is 23.2 Å². The van der Waals surface area contributed by atoms with Crippen molar-refractivity contribution in [2.75, 3.05) is 26.2 Å². The number of ether oxygens (including phenoxy) is 7. The van der Waals surface area contributed by atoms with Crippen LogP contribution in [0.1, 0.15) is 96.7 Å². The van der Waals surface area contributed by atoms with Crippen LogP contribution in [0.4, 0.5) is 13.6 Å². The first-order valence-electron chi connectivity index (χ1n) is 22.2. The summed E-state index contributed by atoms with van der Waals surface area (Å²) in [6, 6.07) is 8.75. The summed E-state index contributed by atoms with van der Waals surface area (Å²) < 4.78 is 73.9. The lowest BCUT2D eigenvalue weighted by Gasteiger charge is -2.68. The van der Waals surface area contributed by atoms with Crippen LogP contribution in [-0.4, -0.2) is 136 Å². The van der Waals surface area contributed by atoms with E-state index in [0.29, 0.717) is 24.0 Å². The lowest BCUT2D eigenvalue weighted by molar-refractivity contribution is -0.345. The Balaban J connectivity index is 1.26. The number of fused-ring (bicyclic) bond motifs is 8. The van der Waals surface area contributed by atoms with Crippen LogP contribution in [0, 0.1) is 22.6 Å². The fourth-order valence-electron chi connectivity index (χ4n) is 11.3. The summed E-state index contributed by atoms with van der Waals surface area (Å²) in [4.78, 5) is 61.0. The molecular formula is C47H59F2N3O13. The number of carbonyl (C=O) groups excluding carboxylic acids is 4. The van der Waals surface area contributed by atoms with E-state index in [4.69, 9.17) is 33.2 Å². The van der Waals surface area contributed by atoms with E-state index < -0.39 is 131 Å². The topological polar surface area (TPSA) is 202 Å². The number of esters is 3. The molecule has 3 aliphatic carbocycles. The number of amides is 1. The van der Waals surface area contributed by atoms with Crippen molar-refractivity contribution in [3.05, 3.63) is 76.9 Å². The third kappa shape index (κ3) is 8.21. The molecule has 0 unspecified atom stereocenters. The molecule has 1 aromatic heterocycles. The summed E-state index contributed by atoms with van der Waals surface area (Å²) in [7, 11) is 0. The first kappa shape index (κ1) is 46.9. The number of alkyl carbamates (subject to hydrolysis) is 1. The summed E-state index contributed by atoms with van der Waals surface area (Å²) in [5, 5.41) is 28.0. The molecule has 6 aliphatic rings. The van der Waals surface area contributed by atoms with Gasteiger partial charge in [0.1, 0.15) is 59.3 Å². The predicted octanol–water partition coefficient (Wildman–Crippen LogP) is 4.66. The smallest absolute Gasteiger partial charge is 0.408 e. The fourth-order valence-corrected chi connectivity index (χ4v) is 11.3. The third-order valence-electron chi connectivity index (χ3n) is 14.4. The molecule has 4 heterocycles. The number of hydrogen-bond acceptors (Lipinski definition) is 15. The average Bonchev–Trinajstić information content (AvgIpc) is 3.62. The molecule has 1 aromatic carbocycles. The molecule has 18 heteroatoms. The van der Waals surface area contributed by atoms with Crippen molar-refractivity contribution in [2.45, 2.75) is 147 Å².